The molecule has 0 unspecified atom stereocenters. The number of fused-ring (bicyclic) bond motifs is 1. The second-order valence-corrected chi connectivity index (χ2v) is 5.41. The van der Waals surface area contributed by atoms with Crippen LogP contribution in [0.4, 0.5) is 8.78 Å². The highest BCUT2D eigenvalue weighted by Crippen LogP contribution is 2.26. The summed E-state index contributed by atoms with van der Waals surface area (Å²) in [7, 11) is 1.27. The number of aryl methyl sites for hydroxylation is 1. The second-order valence-electron chi connectivity index (χ2n) is 5.41. The van der Waals surface area contributed by atoms with Gasteiger partial charge in [0, 0.05) is 10.9 Å². The van der Waals surface area contributed by atoms with Crippen molar-refractivity contribution >= 4 is 22.7 Å². The largest absolute Gasteiger partial charge is 0.507 e. The number of rotatable bonds is 2. The van der Waals surface area contributed by atoms with Crippen LogP contribution in [0.5, 0.6) is 5.75 Å². The molecule has 0 aliphatic carbocycles. The summed E-state index contributed by atoms with van der Waals surface area (Å²) in [5.41, 5.74) is 1.09. The van der Waals surface area contributed by atoms with Crippen molar-refractivity contribution in [2.75, 3.05) is 7.11 Å². The van der Waals surface area contributed by atoms with Crippen LogP contribution in [0.25, 0.3) is 11.0 Å². The number of benzene rings is 2. The van der Waals surface area contributed by atoms with Gasteiger partial charge in [-0.15, -0.1) is 0 Å². The van der Waals surface area contributed by atoms with Crippen LogP contribution < -0.4 is 0 Å². The van der Waals surface area contributed by atoms with Gasteiger partial charge in [-0.2, -0.15) is 0 Å². The summed E-state index contributed by atoms with van der Waals surface area (Å²) in [4.78, 5) is 22.0. The number of ether oxygens (including phenoxy) is 1. The summed E-state index contributed by atoms with van der Waals surface area (Å²) in [6, 6.07) is 7.38. The lowest BCUT2D eigenvalue weighted by atomic mass is 10.1. The van der Waals surface area contributed by atoms with Gasteiger partial charge in [-0.3, -0.25) is 4.79 Å². The number of halogens is 2. The summed E-state index contributed by atoms with van der Waals surface area (Å²) in [5, 5.41) is 9.61. The number of aromatic hydroxyl groups is 1. The molecule has 0 radical (unpaired) electrons. The number of Topliss-reactive ketones (excluding diaryl/α,β-unsaturated/α-hetero) is 1. The Hall–Kier alpha value is -3.22. The predicted molar refractivity (Wildman–Crippen MR) is 90.3 cm³/mol. The van der Waals surface area contributed by atoms with Crippen molar-refractivity contribution in [3.63, 3.8) is 0 Å². The van der Waals surface area contributed by atoms with Gasteiger partial charge >= 0.3 is 5.97 Å². The number of esters is 1. The smallest absolute Gasteiger partial charge is 0.374 e. The zero-order valence-corrected chi connectivity index (χ0v) is 14.3. The molecule has 1 heterocycles. The van der Waals surface area contributed by atoms with Crippen LogP contribution in [0.15, 0.2) is 40.8 Å². The molecule has 3 aromatic rings. The first-order valence-corrected chi connectivity index (χ1v) is 7.51. The molecular weight excluding hydrogens is 346 g/mol. The lowest BCUT2D eigenvalue weighted by Crippen LogP contribution is -2.00. The monoisotopic (exact) mass is 362 g/mol. The van der Waals surface area contributed by atoms with Crippen molar-refractivity contribution < 1.29 is 32.6 Å². The standard InChI is InChI=1S/C11H9FO3.C8H7FO2/c1-6-8-5-7(12)3-4-9(8)15-10(6)11(13)14-2;1-5(10)7-4-6(9)2-3-8(7)11/h3-5H,1-2H3;2-4,11H,1H3. The Bertz CT molecular complexity index is 975. The highest BCUT2D eigenvalue weighted by atomic mass is 19.1. The molecule has 0 amide bonds. The zero-order chi connectivity index (χ0) is 19.4. The van der Waals surface area contributed by atoms with Crippen molar-refractivity contribution in [2.24, 2.45) is 0 Å². The van der Waals surface area contributed by atoms with Crippen LogP contribution >= 0.6 is 0 Å². The number of hydrogen-bond donors (Lipinski definition) is 1. The van der Waals surface area contributed by atoms with Crippen molar-refractivity contribution in [3.8, 4) is 5.75 Å². The molecule has 5 nitrogen and oxygen atoms in total. The Morgan fingerprint density at radius 2 is 1.69 bits per heavy atom. The molecule has 1 aromatic heterocycles. The second kappa shape index (κ2) is 7.77. The average Bonchev–Trinajstić information content (AvgIpc) is 2.93. The maximum absolute atomic E-state index is 13.0. The molecule has 136 valence electrons. The maximum atomic E-state index is 13.0. The van der Waals surface area contributed by atoms with E-state index in [0.717, 1.165) is 18.2 Å². The minimum atomic E-state index is -0.552. The van der Waals surface area contributed by atoms with Crippen LogP contribution in [0.1, 0.15) is 33.4 Å². The molecule has 0 aliphatic heterocycles. The summed E-state index contributed by atoms with van der Waals surface area (Å²) >= 11 is 0. The Balaban J connectivity index is 0.000000197. The molecule has 0 saturated carbocycles. The number of ketones is 1. The van der Waals surface area contributed by atoms with Gasteiger partial charge in [0.15, 0.2) is 5.78 Å². The number of carbonyl (C=O) groups is 2. The lowest BCUT2D eigenvalue weighted by molar-refractivity contribution is 0.0566. The topological polar surface area (TPSA) is 76.7 Å². The van der Waals surface area contributed by atoms with E-state index in [-0.39, 0.29) is 28.7 Å². The van der Waals surface area contributed by atoms with Gasteiger partial charge in [0.2, 0.25) is 5.76 Å². The van der Waals surface area contributed by atoms with Crippen LogP contribution in [0.2, 0.25) is 0 Å². The van der Waals surface area contributed by atoms with Crippen LogP contribution in [-0.4, -0.2) is 24.0 Å². The SMILES string of the molecule is CC(=O)c1cc(F)ccc1O.COC(=O)c1oc2ccc(F)cc2c1C. The first kappa shape index (κ1) is 19.1. The van der Waals surface area contributed by atoms with E-state index in [1.54, 1.807) is 6.92 Å². The molecule has 7 heteroatoms. The van der Waals surface area contributed by atoms with Gasteiger partial charge in [0.25, 0.3) is 0 Å². The molecule has 2 aromatic carbocycles. The Morgan fingerprint density at radius 3 is 2.27 bits per heavy atom. The maximum Gasteiger partial charge on any atom is 0.374 e. The number of hydrogen-bond acceptors (Lipinski definition) is 5. The fraction of sp³-hybridized carbons (Fsp3) is 0.158. The first-order valence-electron chi connectivity index (χ1n) is 7.51. The number of carbonyl (C=O) groups excluding carboxylic acids is 2. The minimum absolute atomic E-state index is 0.0185. The number of phenols is 1. The summed E-state index contributed by atoms with van der Waals surface area (Å²) in [5.74, 6) is -1.83. The Kier molecular flexibility index (Phi) is 5.71. The predicted octanol–water partition coefficient (Wildman–Crippen LogP) is 4.40. The van der Waals surface area contributed by atoms with Gasteiger partial charge < -0.3 is 14.3 Å². The lowest BCUT2D eigenvalue weighted by Gasteiger charge is -1.98. The zero-order valence-electron chi connectivity index (χ0n) is 14.3. The van der Waals surface area contributed by atoms with Crippen LogP contribution in [-0.2, 0) is 4.74 Å². The Labute approximate surface area is 147 Å². The van der Waals surface area contributed by atoms with Crippen LogP contribution in [0.3, 0.4) is 0 Å². The Morgan fingerprint density at radius 1 is 1.08 bits per heavy atom. The number of furan rings is 1. The molecule has 26 heavy (non-hydrogen) atoms. The van der Waals surface area contributed by atoms with Crippen molar-refractivity contribution in [1.29, 1.82) is 0 Å². The average molecular weight is 362 g/mol. The van der Waals surface area contributed by atoms with E-state index in [1.165, 1.54) is 32.2 Å². The summed E-state index contributed by atoms with van der Waals surface area (Å²) in [6.07, 6.45) is 0. The summed E-state index contributed by atoms with van der Waals surface area (Å²) in [6.45, 7) is 2.96. The molecule has 0 aliphatic rings. The molecule has 1 N–H and O–H groups in total. The molecule has 0 atom stereocenters. The molecule has 0 saturated heterocycles. The van der Waals surface area contributed by atoms with Crippen molar-refractivity contribution in [3.05, 3.63) is 64.9 Å². The normalized spacial score (nSPS) is 10.2. The fourth-order valence-corrected chi connectivity index (χ4v) is 2.27. The molecule has 0 spiro atoms. The van der Waals surface area contributed by atoms with E-state index >= 15 is 0 Å². The molecule has 3 rings (SSSR count). The quantitative estimate of drug-likeness (QED) is 0.540. The minimum Gasteiger partial charge on any atom is -0.507 e. The summed E-state index contributed by atoms with van der Waals surface area (Å²) < 4.78 is 35.2. The highest BCUT2D eigenvalue weighted by molar-refractivity contribution is 5.96. The molecule has 0 fully saturated rings. The van der Waals surface area contributed by atoms with Gasteiger partial charge in [-0.25, -0.2) is 13.6 Å². The molecular formula is C19H16F2O5. The van der Waals surface area contributed by atoms with E-state index in [1.807, 2.05) is 0 Å². The van der Waals surface area contributed by atoms with E-state index < -0.39 is 11.8 Å². The van der Waals surface area contributed by atoms with E-state index in [2.05, 4.69) is 4.74 Å². The van der Waals surface area contributed by atoms with E-state index in [0.29, 0.717) is 16.5 Å². The third-order valence-electron chi connectivity index (χ3n) is 3.61. The third-order valence-corrected chi connectivity index (χ3v) is 3.61. The highest BCUT2D eigenvalue weighted by Gasteiger charge is 2.18. The van der Waals surface area contributed by atoms with Gasteiger partial charge in [-0.1, -0.05) is 0 Å². The fourth-order valence-electron chi connectivity index (χ4n) is 2.27. The van der Waals surface area contributed by atoms with E-state index in [9.17, 15) is 18.4 Å². The van der Waals surface area contributed by atoms with Gasteiger partial charge in [0.05, 0.1) is 12.7 Å². The third kappa shape index (κ3) is 4.05. The van der Waals surface area contributed by atoms with Gasteiger partial charge in [0.1, 0.15) is 23.0 Å². The van der Waals surface area contributed by atoms with Gasteiger partial charge in [-0.05, 0) is 50.2 Å². The number of phenolic OH excluding ortho intramolecular Hbond substituents is 1. The van der Waals surface area contributed by atoms with Crippen molar-refractivity contribution in [2.45, 2.75) is 13.8 Å². The van der Waals surface area contributed by atoms with E-state index in [4.69, 9.17) is 9.52 Å². The number of methoxy groups -OCH3 is 1. The molecule has 0 bridgehead atoms. The first-order chi connectivity index (χ1) is 12.2. The van der Waals surface area contributed by atoms with Crippen molar-refractivity contribution in [1.82, 2.24) is 0 Å². The van der Waals surface area contributed by atoms with Crippen LogP contribution in [0, 0.1) is 18.6 Å².